The van der Waals surface area contributed by atoms with Crippen molar-refractivity contribution in [1.29, 1.82) is 0 Å². The molecular weight excluding hydrogens is 287 g/mol. The van der Waals surface area contributed by atoms with Crippen molar-refractivity contribution in [3.8, 4) is 0 Å². The van der Waals surface area contributed by atoms with Crippen molar-refractivity contribution in [2.75, 3.05) is 0 Å². The number of hydrogen-bond donors (Lipinski definition) is 0. The number of hydrogen-bond acceptors (Lipinski definition) is 0. The molecule has 0 saturated heterocycles. The summed E-state index contributed by atoms with van der Waals surface area (Å²) in [6, 6.07) is 8.61. The topological polar surface area (TPSA) is 0 Å². The zero-order valence-corrected chi connectivity index (χ0v) is 13.1. The van der Waals surface area contributed by atoms with Gasteiger partial charge in [0.1, 0.15) is 0 Å². The SMILES string of the molecule is CC(C)c1ccccc1C1=[C-]CC=C1.[Cl-].[Cl-].[Ti+3]. The standard InChI is InChI=1S/C14H15.2ClH.Ti/c1-11(2)13-9-5-6-10-14(13)12-7-3-4-8-12;;;/h3,5-7,9-11H,4H2,1-2H3;2*1H;/q-1;;;+3/p-2. The Morgan fingerprint density at radius 3 is 2.29 bits per heavy atom. The summed E-state index contributed by atoms with van der Waals surface area (Å²) in [6.07, 6.45) is 8.66. The Balaban J connectivity index is 0. The summed E-state index contributed by atoms with van der Waals surface area (Å²) in [5.41, 5.74) is 4.02. The van der Waals surface area contributed by atoms with Crippen molar-refractivity contribution >= 4 is 5.57 Å². The molecule has 0 fully saturated rings. The van der Waals surface area contributed by atoms with Gasteiger partial charge in [-0.05, 0) is 5.92 Å². The molecule has 1 aliphatic carbocycles. The van der Waals surface area contributed by atoms with Crippen LogP contribution in [-0.2, 0) is 21.7 Å². The van der Waals surface area contributed by atoms with Gasteiger partial charge in [-0.1, -0.05) is 44.0 Å². The fourth-order valence-electron chi connectivity index (χ4n) is 1.84. The number of rotatable bonds is 2. The van der Waals surface area contributed by atoms with E-state index in [1.165, 1.54) is 16.7 Å². The number of halogens is 2. The van der Waals surface area contributed by atoms with Crippen LogP contribution in [0, 0.1) is 6.08 Å². The smallest absolute Gasteiger partial charge is 1.00 e. The van der Waals surface area contributed by atoms with E-state index in [4.69, 9.17) is 0 Å². The molecule has 1 aromatic carbocycles. The number of benzene rings is 1. The fraction of sp³-hybridized carbons (Fsp3) is 0.286. The van der Waals surface area contributed by atoms with E-state index in [0.717, 1.165) is 6.42 Å². The van der Waals surface area contributed by atoms with Gasteiger partial charge in [0.25, 0.3) is 0 Å². The molecule has 1 radical (unpaired) electrons. The van der Waals surface area contributed by atoms with Gasteiger partial charge < -0.3 is 24.8 Å². The molecule has 0 amide bonds. The van der Waals surface area contributed by atoms with Crippen LogP contribution in [0.15, 0.2) is 36.4 Å². The molecule has 0 atom stereocenters. The quantitative estimate of drug-likeness (QED) is 0.436. The second-order valence-electron chi connectivity index (χ2n) is 3.94. The van der Waals surface area contributed by atoms with E-state index in [2.05, 4.69) is 56.3 Å². The molecule has 3 heteroatoms. The van der Waals surface area contributed by atoms with Gasteiger partial charge in [-0.2, -0.15) is 17.7 Å². The first kappa shape index (κ1) is 19.3. The summed E-state index contributed by atoms with van der Waals surface area (Å²) in [4.78, 5) is 0. The fourth-order valence-corrected chi connectivity index (χ4v) is 1.84. The monoisotopic (exact) mass is 301 g/mol. The van der Waals surface area contributed by atoms with E-state index >= 15 is 0 Å². The molecule has 0 heterocycles. The molecule has 0 nitrogen and oxygen atoms in total. The molecule has 0 unspecified atom stereocenters. The van der Waals surface area contributed by atoms with Gasteiger partial charge in [0.15, 0.2) is 0 Å². The summed E-state index contributed by atoms with van der Waals surface area (Å²) in [7, 11) is 0. The molecule has 17 heavy (non-hydrogen) atoms. The average molecular weight is 302 g/mol. The third-order valence-electron chi connectivity index (χ3n) is 2.57. The minimum absolute atomic E-state index is 0. The van der Waals surface area contributed by atoms with Gasteiger partial charge >= 0.3 is 21.7 Å². The van der Waals surface area contributed by atoms with Crippen molar-refractivity contribution in [1.82, 2.24) is 0 Å². The van der Waals surface area contributed by atoms with Gasteiger partial charge in [0.2, 0.25) is 0 Å². The van der Waals surface area contributed by atoms with Crippen molar-refractivity contribution in [3.63, 3.8) is 0 Å². The molecule has 1 aliphatic rings. The minimum atomic E-state index is 0. The molecule has 0 aliphatic heterocycles. The molecular formula is C14H15Cl2Ti. The van der Waals surface area contributed by atoms with E-state index < -0.39 is 0 Å². The van der Waals surface area contributed by atoms with Crippen molar-refractivity contribution in [2.24, 2.45) is 0 Å². The predicted octanol–water partition coefficient (Wildman–Crippen LogP) is -2.04. The van der Waals surface area contributed by atoms with Crippen LogP contribution in [0.25, 0.3) is 5.57 Å². The molecule has 0 bridgehead atoms. The molecule has 0 saturated carbocycles. The third-order valence-corrected chi connectivity index (χ3v) is 2.57. The third kappa shape index (κ3) is 4.64. The maximum absolute atomic E-state index is 3.37. The zero-order valence-electron chi connectivity index (χ0n) is 10.0. The summed E-state index contributed by atoms with van der Waals surface area (Å²) in [5, 5.41) is 0. The predicted molar refractivity (Wildman–Crippen MR) is 60.9 cm³/mol. The summed E-state index contributed by atoms with van der Waals surface area (Å²) >= 11 is 0. The van der Waals surface area contributed by atoms with Crippen molar-refractivity contribution < 1.29 is 46.5 Å². The van der Waals surface area contributed by atoms with Gasteiger partial charge in [-0.15, -0.1) is 17.7 Å². The van der Waals surface area contributed by atoms with E-state index in [1.807, 2.05) is 0 Å². The Labute approximate surface area is 131 Å². The normalized spacial score (nSPS) is 12.3. The van der Waals surface area contributed by atoms with Crippen LogP contribution in [0.1, 0.15) is 37.3 Å². The van der Waals surface area contributed by atoms with Crippen molar-refractivity contribution in [3.05, 3.63) is 53.6 Å². The largest absolute Gasteiger partial charge is 3.00 e. The molecule has 0 spiro atoms. The Morgan fingerprint density at radius 2 is 1.76 bits per heavy atom. The molecule has 0 N–H and O–H groups in total. The molecule has 0 aromatic heterocycles. The second kappa shape index (κ2) is 9.00. The van der Waals surface area contributed by atoms with Crippen LogP contribution in [0.4, 0.5) is 0 Å². The first-order valence-electron chi connectivity index (χ1n) is 5.15. The zero-order chi connectivity index (χ0) is 9.97. The Hall–Kier alpha value is -0.00571. The number of allylic oxidation sites excluding steroid dienone is 4. The van der Waals surface area contributed by atoms with Crippen LogP contribution in [0.2, 0.25) is 0 Å². The van der Waals surface area contributed by atoms with Crippen LogP contribution in [0.5, 0.6) is 0 Å². The van der Waals surface area contributed by atoms with E-state index in [1.54, 1.807) is 0 Å². The summed E-state index contributed by atoms with van der Waals surface area (Å²) in [5.74, 6) is 0.578. The van der Waals surface area contributed by atoms with Crippen molar-refractivity contribution in [2.45, 2.75) is 26.2 Å². The maximum Gasteiger partial charge on any atom is 3.00 e. The minimum Gasteiger partial charge on any atom is -1.00 e. The van der Waals surface area contributed by atoms with E-state index in [9.17, 15) is 0 Å². The maximum atomic E-state index is 3.37. The summed E-state index contributed by atoms with van der Waals surface area (Å²) in [6.45, 7) is 4.47. The Kier molecular flexibility index (Phi) is 10.2. The van der Waals surface area contributed by atoms with E-state index in [0.29, 0.717) is 5.92 Å². The Morgan fingerprint density at radius 1 is 1.12 bits per heavy atom. The summed E-state index contributed by atoms with van der Waals surface area (Å²) < 4.78 is 0. The first-order valence-corrected chi connectivity index (χ1v) is 5.15. The molecule has 89 valence electrons. The van der Waals surface area contributed by atoms with Gasteiger partial charge in [-0.25, -0.2) is 0 Å². The first-order chi connectivity index (χ1) is 6.79. The van der Waals surface area contributed by atoms with Gasteiger partial charge in [-0.3, -0.25) is 0 Å². The van der Waals surface area contributed by atoms with Crippen LogP contribution < -0.4 is 24.8 Å². The van der Waals surface area contributed by atoms with E-state index in [-0.39, 0.29) is 46.5 Å². The van der Waals surface area contributed by atoms with Crippen LogP contribution in [-0.4, -0.2) is 0 Å². The Bertz CT molecular complexity index is 395. The van der Waals surface area contributed by atoms with Crippen LogP contribution >= 0.6 is 0 Å². The van der Waals surface area contributed by atoms with Gasteiger partial charge in [0.05, 0.1) is 0 Å². The molecule has 2 rings (SSSR count). The molecule has 1 aromatic rings. The van der Waals surface area contributed by atoms with Crippen LogP contribution in [0.3, 0.4) is 0 Å². The second-order valence-corrected chi connectivity index (χ2v) is 3.94. The average Bonchev–Trinajstić information content (AvgIpc) is 2.70. The van der Waals surface area contributed by atoms with Gasteiger partial charge in [0, 0.05) is 0 Å².